The van der Waals surface area contributed by atoms with Gasteiger partial charge in [0.2, 0.25) is 5.16 Å². The summed E-state index contributed by atoms with van der Waals surface area (Å²) in [5, 5.41) is 17.9. The Labute approximate surface area is 182 Å². The van der Waals surface area contributed by atoms with Crippen molar-refractivity contribution in [2.24, 2.45) is 0 Å². The third-order valence-electron chi connectivity index (χ3n) is 4.33. The average molecular weight is 451 g/mol. The fourth-order valence-electron chi connectivity index (χ4n) is 3.00. The summed E-state index contributed by atoms with van der Waals surface area (Å²) < 4.78 is 2.00. The van der Waals surface area contributed by atoms with Crippen molar-refractivity contribution >= 4 is 47.0 Å². The number of carboxylic acid groups (broad SMARTS) is 1. The number of aryl methyl sites for hydroxylation is 2. The highest BCUT2D eigenvalue weighted by Crippen LogP contribution is 2.31. The van der Waals surface area contributed by atoms with E-state index >= 15 is 0 Å². The highest BCUT2D eigenvalue weighted by atomic mass is 35.5. The molecule has 0 aliphatic carbocycles. The van der Waals surface area contributed by atoms with Crippen LogP contribution in [0.3, 0.4) is 0 Å². The molecule has 0 bridgehead atoms. The number of aromatic nitrogens is 4. The van der Waals surface area contributed by atoms with E-state index in [0.717, 1.165) is 53.1 Å². The maximum Gasteiger partial charge on any atom is 0.342 e. The minimum Gasteiger partial charge on any atom is -0.477 e. The van der Waals surface area contributed by atoms with E-state index in [2.05, 4.69) is 15.2 Å². The first kappa shape index (κ1) is 21.5. The third-order valence-corrected chi connectivity index (χ3v) is 5.94. The summed E-state index contributed by atoms with van der Waals surface area (Å²) in [4.78, 5) is 16.3. The molecule has 0 amide bonds. The van der Waals surface area contributed by atoms with Gasteiger partial charge in [-0.1, -0.05) is 30.1 Å². The topological polar surface area (TPSA) is 83.8 Å². The Morgan fingerprint density at radius 1 is 1.28 bits per heavy atom. The number of hydrogen-bond donors (Lipinski definition) is 2. The van der Waals surface area contributed by atoms with Crippen LogP contribution in [0.15, 0.2) is 34.3 Å². The Hall–Kier alpha value is -2.22. The predicted octanol–water partition coefficient (Wildman–Crippen LogP) is 5.69. The molecule has 0 spiro atoms. The highest BCUT2D eigenvalue weighted by molar-refractivity contribution is 8.04. The zero-order valence-corrected chi connectivity index (χ0v) is 18.5. The Morgan fingerprint density at radius 2 is 2.03 bits per heavy atom. The van der Waals surface area contributed by atoms with E-state index in [9.17, 15) is 9.90 Å². The maximum absolute atomic E-state index is 11.8. The molecule has 29 heavy (non-hydrogen) atoms. The van der Waals surface area contributed by atoms with E-state index in [1.54, 1.807) is 18.2 Å². The number of halogens is 2. The van der Waals surface area contributed by atoms with Crippen molar-refractivity contribution in [3.63, 3.8) is 0 Å². The monoisotopic (exact) mass is 450 g/mol. The Kier molecular flexibility index (Phi) is 6.72. The first-order valence-electron chi connectivity index (χ1n) is 8.98. The van der Waals surface area contributed by atoms with Gasteiger partial charge >= 0.3 is 5.97 Å². The van der Waals surface area contributed by atoms with Crippen LogP contribution in [0.4, 0.5) is 0 Å². The van der Waals surface area contributed by atoms with Gasteiger partial charge < -0.3 is 9.67 Å². The lowest BCUT2D eigenvalue weighted by atomic mass is 10.2. The molecule has 3 aromatic rings. The van der Waals surface area contributed by atoms with E-state index in [1.165, 1.54) is 0 Å². The number of benzene rings is 1. The van der Waals surface area contributed by atoms with Crippen LogP contribution in [-0.2, 0) is 11.2 Å². The van der Waals surface area contributed by atoms with Gasteiger partial charge in [0.1, 0.15) is 10.7 Å². The molecule has 9 heteroatoms. The summed E-state index contributed by atoms with van der Waals surface area (Å²) in [6.07, 6.45) is 3.34. The molecule has 1 aromatic carbocycles. The Morgan fingerprint density at radius 3 is 2.69 bits per heavy atom. The molecule has 2 heterocycles. The minimum atomic E-state index is -1.03. The lowest BCUT2D eigenvalue weighted by Gasteiger charge is -2.10. The van der Waals surface area contributed by atoms with Gasteiger partial charge in [0.15, 0.2) is 0 Å². The van der Waals surface area contributed by atoms with Crippen molar-refractivity contribution in [3.05, 3.63) is 62.0 Å². The smallest absolute Gasteiger partial charge is 0.342 e. The molecule has 3 rings (SSSR count). The van der Waals surface area contributed by atoms with Crippen molar-refractivity contribution < 1.29 is 9.90 Å². The molecule has 0 aliphatic heterocycles. The molecule has 0 unspecified atom stereocenters. The van der Waals surface area contributed by atoms with E-state index in [4.69, 9.17) is 23.2 Å². The first-order chi connectivity index (χ1) is 13.8. The van der Waals surface area contributed by atoms with Gasteiger partial charge in [-0.25, -0.2) is 9.78 Å². The third kappa shape index (κ3) is 4.86. The van der Waals surface area contributed by atoms with Crippen molar-refractivity contribution in [3.8, 4) is 5.69 Å². The number of nitrogens with one attached hydrogen (secondary N) is 1. The second-order valence-electron chi connectivity index (χ2n) is 6.49. The summed E-state index contributed by atoms with van der Waals surface area (Å²) in [7, 11) is 0. The summed E-state index contributed by atoms with van der Waals surface area (Å²) in [5.74, 6) is -0.284. The predicted molar refractivity (Wildman–Crippen MR) is 117 cm³/mol. The number of aromatic amines is 1. The lowest BCUT2D eigenvalue weighted by molar-refractivity contribution is -0.131. The fourth-order valence-corrected chi connectivity index (χ4v) is 4.01. The normalized spacial score (nSPS) is 11.8. The molecule has 0 atom stereocenters. The lowest BCUT2D eigenvalue weighted by Crippen LogP contribution is -2.00. The van der Waals surface area contributed by atoms with Crippen molar-refractivity contribution in [1.82, 2.24) is 19.7 Å². The summed E-state index contributed by atoms with van der Waals surface area (Å²) >= 11 is 13.2. The fraction of sp³-hybridized carbons (Fsp3) is 0.250. The first-order valence-corrected chi connectivity index (χ1v) is 10.6. The van der Waals surface area contributed by atoms with Crippen LogP contribution in [0.1, 0.15) is 36.1 Å². The summed E-state index contributed by atoms with van der Waals surface area (Å²) in [6, 6.07) is 7.33. The zero-order valence-electron chi connectivity index (χ0n) is 16.2. The molecule has 2 aromatic heterocycles. The van der Waals surface area contributed by atoms with Crippen LogP contribution in [0, 0.1) is 13.8 Å². The SMILES string of the molecule is CCCc1nc(S/C(=C\c2cc(C)n(-c3ccc(Cl)c(Cl)c3)c2C)C(=O)O)n[nH]1. The van der Waals surface area contributed by atoms with Gasteiger partial charge in [0, 0.05) is 23.5 Å². The molecular formula is C20H20Cl2N4O2S. The molecule has 0 fully saturated rings. The van der Waals surface area contributed by atoms with Crippen molar-refractivity contribution in [1.29, 1.82) is 0 Å². The quantitative estimate of drug-likeness (QED) is 0.356. The molecule has 2 N–H and O–H groups in total. The standard InChI is InChI=1S/C20H20Cl2N4O2S/c1-4-5-18-23-20(25-24-18)29-17(19(27)28)9-13-8-11(2)26(12(13)3)14-6-7-15(21)16(22)10-14/h6-10H,4-5H2,1-3H3,(H,27,28)(H,23,24,25)/b17-9-. The second kappa shape index (κ2) is 9.07. The van der Waals surface area contributed by atoms with Crippen LogP contribution >= 0.6 is 35.0 Å². The number of aliphatic carboxylic acids is 1. The molecule has 0 radical (unpaired) electrons. The van der Waals surface area contributed by atoms with Gasteiger partial charge in [0.25, 0.3) is 0 Å². The van der Waals surface area contributed by atoms with Crippen LogP contribution in [0.5, 0.6) is 0 Å². The van der Waals surface area contributed by atoms with Gasteiger partial charge in [-0.3, -0.25) is 5.10 Å². The molecular weight excluding hydrogens is 431 g/mol. The van der Waals surface area contributed by atoms with Crippen molar-refractivity contribution in [2.75, 3.05) is 0 Å². The largest absolute Gasteiger partial charge is 0.477 e. The van der Waals surface area contributed by atoms with Gasteiger partial charge in [-0.2, -0.15) is 0 Å². The Balaban J connectivity index is 1.96. The van der Waals surface area contributed by atoms with Crippen LogP contribution in [-0.4, -0.2) is 30.8 Å². The van der Waals surface area contributed by atoms with Gasteiger partial charge in [-0.15, -0.1) is 5.10 Å². The summed E-state index contributed by atoms with van der Waals surface area (Å²) in [5.41, 5.74) is 3.49. The van der Waals surface area contributed by atoms with Gasteiger partial charge in [0.05, 0.1) is 10.0 Å². The number of rotatable bonds is 7. The number of carboxylic acids is 1. The van der Waals surface area contributed by atoms with Crippen LogP contribution in [0.25, 0.3) is 11.8 Å². The zero-order chi connectivity index (χ0) is 21.1. The number of hydrogen-bond acceptors (Lipinski definition) is 4. The van der Waals surface area contributed by atoms with Gasteiger partial charge in [-0.05, 0) is 67.9 Å². The average Bonchev–Trinajstić information content (AvgIpc) is 3.21. The molecule has 0 saturated heterocycles. The van der Waals surface area contributed by atoms with Crippen molar-refractivity contribution in [2.45, 2.75) is 38.8 Å². The minimum absolute atomic E-state index is 0.140. The molecule has 152 valence electrons. The highest BCUT2D eigenvalue weighted by Gasteiger charge is 2.17. The van der Waals surface area contributed by atoms with E-state index in [0.29, 0.717) is 15.2 Å². The summed E-state index contributed by atoms with van der Waals surface area (Å²) in [6.45, 7) is 5.92. The Bertz CT molecular complexity index is 1090. The number of H-pyrrole nitrogens is 1. The number of thioether (sulfide) groups is 1. The van der Waals surface area contributed by atoms with E-state index in [-0.39, 0.29) is 4.91 Å². The van der Waals surface area contributed by atoms with Crippen LogP contribution in [0.2, 0.25) is 10.0 Å². The molecule has 0 aliphatic rings. The number of carbonyl (C=O) groups is 1. The second-order valence-corrected chi connectivity index (χ2v) is 8.31. The van der Waals surface area contributed by atoms with E-state index < -0.39 is 5.97 Å². The molecule has 6 nitrogen and oxygen atoms in total. The maximum atomic E-state index is 11.8. The van der Waals surface area contributed by atoms with E-state index in [1.807, 2.05) is 37.5 Å². The molecule has 0 saturated carbocycles. The van der Waals surface area contributed by atoms with Crippen LogP contribution < -0.4 is 0 Å². The number of nitrogens with zero attached hydrogens (tertiary/aromatic N) is 3.